The molecule has 3 N–H and O–H groups in total. The summed E-state index contributed by atoms with van der Waals surface area (Å²) in [6.45, 7) is 1.09. The third-order valence-electron chi connectivity index (χ3n) is 4.31. The van der Waals surface area contributed by atoms with Gasteiger partial charge in [0.2, 0.25) is 0 Å². The lowest BCUT2D eigenvalue weighted by Gasteiger charge is -2.35. The van der Waals surface area contributed by atoms with Crippen molar-refractivity contribution in [1.82, 2.24) is 20.4 Å². The van der Waals surface area contributed by atoms with Crippen molar-refractivity contribution < 1.29 is 14.7 Å². The van der Waals surface area contributed by atoms with E-state index in [1.807, 2.05) is 11.1 Å². The van der Waals surface area contributed by atoms with Gasteiger partial charge in [-0.2, -0.15) is 5.10 Å². The van der Waals surface area contributed by atoms with Gasteiger partial charge in [0.05, 0.1) is 17.8 Å². The van der Waals surface area contributed by atoms with Crippen LogP contribution in [0.25, 0.3) is 0 Å². The molecule has 2 amide bonds. The van der Waals surface area contributed by atoms with Crippen LogP contribution in [0, 0.1) is 0 Å². The van der Waals surface area contributed by atoms with Gasteiger partial charge >= 0.3 is 12.0 Å². The maximum atomic E-state index is 12.5. The van der Waals surface area contributed by atoms with Gasteiger partial charge < -0.3 is 15.3 Å². The van der Waals surface area contributed by atoms with Crippen LogP contribution >= 0.6 is 0 Å². The normalized spacial score (nSPS) is 17.5. The summed E-state index contributed by atoms with van der Waals surface area (Å²) in [6.07, 6.45) is 6.62. The summed E-state index contributed by atoms with van der Waals surface area (Å²) >= 11 is 0. The smallest absolute Gasteiger partial charge is 0.335 e. The number of aromatic carboxylic acids is 1. The van der Waals surface area contributed by atoms with Crippen LogP contribution in [0.5, 0.6) is 0 Å². The zero-order valence-corrected chi connectivity index (χ0v) is 13.2. The second kappa shape index (κ2) is 7.16. The van der Waals surface area contributed by atoms with Gasteiger partial charge in [0.1, 0.15) is 0 Å². The quantitative estimate of drug-likeness (QED) is 0.803. The number of carboxylic acids is 1. The van der Waals surface area contributed by atoms with E-state index in [-0.39, 0.29) is 17.6 Å². The highest BCUT2D eigenvalue weighted by Crippen LogP contribution is 2.30. The number of piperidine rings is 1. The van der Waals surface area contributed by atoms with Crippen molar-refractivity contribution in [3.05, 3.63) is 53.3 Å². The number of likely N-dealkylation sites (tertiary alicyclic amines) is 1. The number of urea groups is 1. The summed E-state index contributed by atoms with van der Waals surface area (Å²) in [5, 5.41) is 18.6. The SMILES string of the molecule is O=C(O)c1ccc(CNC(=O)N2CCCCC2c2cn[nH]c2)cc1. The van der Waals surface area contributed by atoms with Crippen LogP contribution in [0.3, 0.4) is 0 Å². The molecule has 2 aromatic rings. The van der Waals surface area contributed by atoms with Crippen LogP contribution in [0.4, 0.5) is 4.79 Å². The molecule has 1 fully saturated rings. The molecule has 7 nitrogen and oxygen atoms in total. The molecule has 7 heteroatoms. The predicted octanol–water partition coefficient (Wildman–Crippen LogP) is 2.54. The van der Waals surface area contributed by atoms with Gasteiger partial charge in [-0.3, -0.25) is 5.10 Å². The molecule has 1 aromatic carbocycles. The number of H-pyrrole nitrogens is 1. The van der Waals surface area contributed by atoms with E-state index in [0.29, 0.717) is 6.54 Å². The zero-order valence-electron chi connectivity index (χ0n) is 13.2. The molecule has 1 aliphatic rings. The highest BCUT2D eigenvalue weighted by molar-refractivity contribution is 5.87. The Morgan fingerprint density at radius 3 is 2.75 bits per heavy atom. The highest BCUT2D eigenvalue weighted by Gasteiger charge is 2.28. The van der Waals surface area contributed by atoms with Gasteiger partial charge in [0.25, 0.3) is 0 Å². The number of hydrogen-bond acceptors (Lipinski definition) is 3. The number of amides is 2. The molecular formula is C17H20N4O3. The Morgan fingerprint density at radius 2 is 2.08 bits per heavy atom. The molecule has 0 bridgehead atoms. The molecule has 0 radical (unpaired) electrons. The summed E-state index contributed by atoms with van der Waals surface area (Å²) in [5.41, 5.74) is 2.13. The first kappa shape index (κ1) is 16.0. The highest BCUT2D eigenvalue weighted by atomic mass is 16.4. The topological polar surface area (TPSA) is 98.3 Å². The molecule has 1 saturated heterocycles. The number of hydrogen-bond donors (Lipinski definition) is 3. The Labute approximate surface area is 139 Å². The third kappa shape index (κ3) is 3.56. The number of nitrogens with zero attached hydrogens (tertiary/aromatic N) is 2. The van der Waals surface area contributed by atoms with Crippen LogP contribution in [0.15, 0.2) is 36.7 Å². The Morgan fingerprint density at radius 1 is 1.29 bits per heavy atom. The van der Waals surface area contributed by atoms with Crippen molar-refractivity contribution in [3.8, 4) is 0 Å². The van der Waals surface area contributed by atoms with E-state index in [1.54, 1.807) is 30.5 Å². The second-order valence-corrected chi connectivity index (χ2v) is 5.90. The standard InChI is InChI=1S/C17H20N4O3/c22-16(23)13-6-4-12(5-7-13)9-18-17(24)21-8-2-1-3-15(21)14-10-19-20-11-14/h4-7,10-11,15H,1-3,8-9H2,(H,18,24)(H,19,20)(H,22,23). The molecule has 1 unspecified atom stereocenters. The van der Waals surface area contributed by atoms with E-state index >= 15 is 0 Å². The number of aromatic nitrogens is 2. The predicted molar refractivity (Wildman–Crippen MR) is 87.5 cm³/mol. The fourth-order valence-corrected chi connectivity index (χ4v) is 3.01. The third-order valence-corrected chi connectivity index (χ3v) is 4.31. The van der Waals surface area contributed by atoms with Gasteiger partial charge in [0, 0.05) is 24.8 Å². The number of rotatable bonds is 4. The molecule has 126 valence electrons. The Kier molecular flexibility index (Phi) is 4.79. The van der Waals surface area contributed by atoms with E-state index in [1.165, 1.54) is 0 Å². The molecule has 0 saturated carbocycles. The van der Waals surface area contributed by atoms with Crippen LogP contribution in [-0.4, -0.2) is 38.7 Å². The molecule has 3 rings (SSSR count). The molecule has 0 aliphatic carbocycles. The van der Waals surface area contributed by atoms with E-state index in [2.05, 4.69) is 15.5 Å². The number of carbonyl (C=O) groups is 2. The second-order valence-electron chi connectivity index (χ2n) is 5.90. The summed E-state index contributed by atoms with van der Waals surface area (Å²) in [5.74, 6) is -0.957. The Balaban J connectivity index is 1.62. The van der Waals surface area contributed by atoms with E-state index < -0.39 is 5.97 Å². The van der Waals surface area contributed by atoms with Crippen molar-refractivity contribution in [3.63, 3.8) is 0 Å². The number of carbonyl (C=O) groups excluding carboxylic acids is 1. The van der Waals surface area contributed by atoms with Gasteiger partial charge in [-0.1, -0.05) is 12.1 Å². The number of benzene rings is 1. The summed E-state index contributed by atoms with van der Waals surface area (Å²) in [7, 11) is 0. The minimum Gasteiger partial charge on any atom is -0.478 e. The first-order chi connectivity index (χ1) is 11.6. The average molecular weight is 328 g/mol. The first-order valence-electron chi connectivity index (χ1n) is 8.00. The fourth-order valence-electron chi connectivity index (χ4n) is 3.01. The Hall–Kier alpha value is -2.83. The molecular weight excluding hydrogens is 308 g/mol. The van der Waals surface area contributed by atoms with Crippen molar-refractivity contribution in [2.45, 2.75) is 31.8 Å². The Bertz CT molecular complexity index is 697. The van der Waals surface area contributed by atoms with Crippen molar-refractivity contribution in [2.24, 2.45) is 0 Å². The molecule has 24 heavy (non-hydrogen) atoms. The molecule has 1 atom stereocenters. The van der Waals surface area contributed by atoms with Crippen LogP contribution in [-0.2, 0) is 6.54 Å². The lowest BCUT2D eigenvalue weighted by atomic mass is 9.98. The lowest BCUT2D eigenvalue weighted by Crippen LogP contribution is -2.44. The van der Waals surface area contributed by atoms with Gasteiger partial charge in [-0.05, 0) is 37.0 Å². The van der Waals surface area contributed by atoms with Gasteiger partial charge in [-0.15, -0.1) is 0 Å². The maximum Gasteiger partial charge on any atom is 0.335 e. The van der Waals surface area contributed by atoms with Crippen LogP contribution in [0.1, 0.15) is 46.8 Å². The van der Waals surface area contributed by atoms with Crippen molar-refractivity contribution in [2.75, 3.05) is 6.54 Å². The summed E-state index contributed by atoms with van der Waals surface area (Å²) < 4.78 is 0. The number of aromatic amines is 1. The maximum absolute atomic E-state index is 12.5. The minimum atomic E-state index is -0.957. The van der Waals surface area contributed by atoms with E-state index in [9.17, 15) is 9.59 Å². The largest absolute Gasteiger partial charge is 0.478 e. The van der Waals surface area contributed by atoms with Crippen LogP contribution in [0.2, 0.25) is 0 Å². The molecule has 1 aromatic heterocycles. The van der Waals surface area contributed by atoms with Gasteiger partial charge in [-0.25, -0.2) is 9.59 Å². The fraction of sp³-hybridized carbons (Fsp3) is 0.353. The number of carboxylic acid groups (broad SMARTS) is 1. The van der Waals surface area contributed by atoms with Crippen molar-refractivity contribution in [1.29, 1.82) is 0 Å². The average Bonchev–Trinajstić information content (AvgIpc) is 3.14. The number of nitrogens with one attached hydrogen (secondary N) is 2. The molecule has 2 heterocycles. The van der Waals surface area contributed by atoms with Gasteiger partial charge in [0.15, 0.2) is 0 Å². The van der Waals surface area contributed by atoms with Crippen LogP contribution < -0.4 is 5.32 Å². The monoisotopic (exact) mass is 328 g/mol. The summed E-state index contributed by atoms with van der Waals surface area (Å²) in [6, 6.07) is 6.45. The van der Waals surface area contributed by atoms with E-state index in [4.69, 9.17) is 5.11 Å². The lowest BCUT2D eigenvalue weighted by molar-refractivity contribution is 0.0697. The molecule has 1 aliphatic heterocycles. The van der Waals surface area contributed by atoms with Crippen molar-refractivity contribution >= 4 is 12.0 Å². The first-order valence-corrected chi connectivity index (χ1v) is 8.00. The molecule has 0 spiro atoms. The van der Waals surface area contributed by atoms with E-state index in [0.717, 1.165) is 36.9 Å². The summed E-state index contributed by atoms with van der Waals surface area (Å²) in [4.78, 5) is 25.2. The zero-order chi connectivity index (χ0) is 16.9. The minimum absolute atomic E-state index is 0.0480.